The predicted molar refractivity (Wildman–Crippen MR) is 95.8 cm³/mol. The van der Waals surface area contributed by atoms with E-state index in [4.69, 9.17) is 15.2 Å². The molecule has 3 aromatic carbocycles. The van der Waals surface area contributed by atoms with Crippen molar-refractivity contribution in [3.05, 3.63) is 82.8 Å². The van der Waals surface area contributed by atoms with Gasteiger partial charge < -0.3 is 15.2 Å². The Morgan fingerprint density at radius 3 is 2.30 bits per heavy atom. The summed E-state index contributed by atoms with van der Waals surface area (Å²) in [5.74, 6) is 2.16. The molecule has 0 heterocycles. The summed E-state index contributed by atoms with van der Waals surface area (Å²) in [6.07, 6.45) is 0. The molecule has 0 aliphatic heterocycles. The molecule has 23 heavy (non-hydrogen) atoms. The summed E-state index contributed by atoms with van der Waals surface area (Å²) in [5, 5.41) is 0. The molecule has 3 aromatic rings. The quantitative estimate of drug-likeness (QED) is 0.612. The fraction of sp³-hybridized carbons (Fsp3) is 0.0526. The maximum absolute atomic E-state index is 5.87. The molecule has 0 aliphatic rings. The highest BCUT2D eigenvalue weighted by Gasteiger charge is 2.02. The van der Waals surface area contributed by atoms with Crippen LogP contribution < -0.4 is 15.2 Å². The smallest absolute Gasteiger partial charge is 0.150 e. The Kier molecular flexibility index (Phi) is 4.83. The second-order valence-electron chi connectivity index (χ2n) is 5.03. The highest BCUT2D eigenvalue weighted by atomic mass is 79.9. The van der Waals surface area contributed by atoms with Crippen LogP contribution in [0.2, 0.25) is 0 Å². The van der Waals surface area contributed by atoms with Crippen molar-refractivity contribution in [2.45, 2.75) is 6.61 Å². The largest absolute Gasteiger partial charge is 0.489 e. The Labute approximate surface area is 143 Å². The van der Waals surface area contributed by atoms with Crippen molar-refractivity contribution < 1.29 is 9.47 Å². The summed E-state index contributed by atoms with van der Waals surface area (Å²) >= 11 is 3.45. The van der Waals surface area contributed by atoms with E-state index < -0.39 is 0 Å². The molecule has 0 amide bonds. The number of hydrogen-bond acceptors (Lipinski definition) is 3. The normalized spacial score (nSPS) is 10.3. The molecular weight excluding hydrogens is 354 g/mol. The third-order valence-corrected chi connectivity index (χ3v) is 3.76. The zero-order valence-corrected chi connectivity index (χ0v) is 14.0. The van der Waals surface area contributed by atoms with Crippen LogP contribution in [-0.4, -0.2) is 0 Å². The van der Waals surface area contributed by atoms with Gasteiger partial charge in [0.1, 0.15) is 23.9 Å². The van der Waals surface area contributed by atoms with E-state index >= 15 is 0 Å². The second kappa shape index (κ2) is 7.20. The summed E-state index contributed by atoms with van der Waals surface area (Å²) in [6.45, 7) is 0.519. The van der Waals surface area contributed by atoms with Gasteiger partial charge in [0.05, 0.1) is 5.69 Å². The number of para-hydroxylation sites is 2. The van der Waals surface area contributed by atoms with Crippen LogP contribution in [0.25, 0.3) is 0 Å². The first-order valence-electron chi connectivity index (χ1n) is 7.20. The van der Waals surface area contributed by atoms with Crippen LogP contribution in [0, 0.1) is 0 Å². The van der Waals surface area contributed by atoms with E-state index in [9.17, 15) is 0 Å². The number of halogens is 1. The van der Waals surface area contributed by atoms with Gasteiger partial charge in [0, 0.05) is 4.47 Å². The molecule has 3 nitrogen and oxygen atoms in total. The van der Waals surface area contributed by atoms with Crippen LogP contribution in [-0.2, 0) is 6.61 Å². The zero-order valence-electron chi connectivity index (χ0n) is 12.4. The van der Waals surface area contributed by atoms with Gasteiger partial charge >= 0.3 is 0 Å². The van der Waals surface area contributed by atoms with Gasteiger partial charge in [-0.25, -0.2) is 0 Å². The highest BCUT2D eigenvalue weighted by molar-refractivity contribution is 9.10. The van der Waals surface area contributed by atoms with Crippen LogP contribution >= 0.6 is 15.9 Å². The van der Waals surface area contributed by atoms with Gasteiger partial charge in [-0.1, -0.05) is 40.2 Å². The summed E-state index contributed by atoms with van der Waals surface area (Å²) in [6, 6.07) is 23.0. The predicted octanol–water partition coefficient (Wildman–Crippen LogP) is 5.40. The SMILES string of the molecule is Nc1ccccc1Oc1ccc(OCc2cccc(Br)c2)cc1. The van der Waals surface area contributed by atoms with E-state index in [1.54, 1.807) is 0 Å². The molecule has 0 aromatic heterocycles. The maximum Gasteiger partial charge on any atom is 0.150 e. The molecule has 0 radical (unpaired) electrons. The van der Waals surface area contributed by atoms with Crippen LogP contribution in [0.1, 0.15) is 5.56 Å². The Bertz CT molecular complexity index is 787. The minimum atomic E-state index is 0.519. The first-order chi connectivity index (χ1) is 11.2. The van der Waals surface area contributed by atoms with Gasteiger partial charge in [-0.3, -0.25) is 0 Å². The van der Waals surface area contributed by atoms with Crippen molar-refractivity contribution in [1.29, 1.82) is 0 Å². The molecule has 3 rings (SSSR count). The average Bonchev–Trinajstić information content (AvgIpc) is 2.56. The Morgan fingerprint density at radius 2 is 1.57 bits per heavy atom. The monoisotopic (exact) mass is 369 g/mol. The summed E-state index contributed by atoms with van der Waals surface area (Å²) in [5.41, 5.74) is 7.59. The van der Waals surface area contributed by atoms with Gasteiger partial charge in [0.15, 0.2) is 0 Å². The van der Waals surface area contributed by atoms with Gasteiger partial charge in [-0.2, -0.15) is 0 Å². The molecule has 0 spiro atoms. The topological polar surface area (TPSA) is 44.5 Å². The van der Waals surface area contributed by atoms with Gasteiger partial charge in [0.2, 0.25) is 0 Å². The fourth-order valence-corrected chi connectivity index (χ4v) is 2.54. The van der Waals surface area contributed by atoms with E-state index in [0.717, 1.165) is 21.5 Å². The van der Waals surface area contributed by atoms with Crippen molar-refractivity contribution in [3.8, 4) is 17.2 Å². The Balaban J connectivity index is 1.62. The minimum Gasteiger partial charge on any atom is -0.489 e. The van der Waals surface area contributed by atoms with Gasteiger partial charge in [0.25, 0.3) is 0 Å². The molecule has 0 aliphatic carbocycles. The van der Waals surface area contributed by atoms with E-state index in [2.05, 4.69) is 15.9 Å². The Hall–Kier alpha value is -2.46. The maximum atomic E-state index is 5.87. The van der Waals surface area contributed by atoms with Crippen molar-refractivity contribution in [2.24, 2.45) is 0 Å². The number of nitrogen functional groups attached to an aromatic ring is 1. The lowest BCUT2D eigenvalue weighted by atomic mass is 10.2. The molecule has 0 fully saturated rings. The van der Waals surface area contributed by atoms with Crippen LogP contribution in [0.3, 0.4) is 0 Å². The molecule has 116 valence electrons. The number of benzene rings is 3. The number of nitrogens with two attached hydrogens (primary N) is 1. The third-order valence-electron chi connectivity index (χ3n) is 3.27. The van der Waals surface area contributed by atoms with Crippen molar-refractivity contribution >= 4 is 21.6 Å². The van der Waals surface area contributed by atoms with Crippen LogP contribution in [0.5, 0.6) is 17.2 Å². The van der Waals surface area contributed by atoms with Crippen molar-refractivity contribution in [1.82, 2.24) is 0 Å². The Morgan fingerprint density at radius 1 is 0.826 bits per heavy atom. The van der Waals surface area contributed by atoms with E-state index in [1.807, 2.05) is 72.8 Å². The summed E-state index contributed by atoms with van der Waals surface area (Å²) < 4.78 is 12.6. The summed E-state index contributed by atoms with van der Waals surface area (Å²) in [4.78, 5) is 0. The zero-order chi connectivity index (χ0) is 16.1. The fourth-order valence-electron chi connectivity index (χ4n) is 2.10. The minimum absolute atomic E-state index is 0.519. The molecule has 0 saturated heterocycles. The molecule has 0 atom stereocenters. The van der Waals surface area contributed by atoms with Gasteiger partial charge in [-0.15, -0.1) is 0 Å². The number of anilines is 1. The lowest BCUT2D eigenvalue weighted by Gasteiger charge is -2.10. The first-order valence-corrected chi connectivity index (χ1v) is 8.00. The van der Waals surface area contributed by atoms with Gasteiger partial charge in [-0.05, 0) is 54.1 Å². The molecule has 0 bridgehead atoms. The molecular formula is C19H16BrNO2. The molecule has 2 N–H and O–H groups in total. The highest BCUT2D eigenvalue weighted by Crippen LogP contribution is 2.28. The first kappa shape index (κ1) is 15.4. The number of hydrogen-bond donors (Lipinski definition) is 1. The number of ether oxygens (including phenoxy) is 2. The lowest BCUT2D eigenvalue weighted by molar-refractivity contribution is 0.305. The van der Waals surface area contributed by atoms with E-state index in [-0.39, 0.29) is 0 Å². The molecule has 0 unspecified atom stereocenters. The summed E-state index contributed by atoms with van der Waals surface area (Å²) in [7, 11) is 0. The molecule has 0 saturated carbocycles. The number of rotatable bonds is 5. The van der Waals surface area contributed by atoms with Crippen molar-refractivity contribution in [3.63, 3.8) is 0 Å². The van der Waals surface area contributed by atoms with Crippen LogP contribution in [0.4, 0.5) is 5.69 Å². The van der Waals surface area contributed by atoms with E-state index in [0.29, 0.717) is 18.0 Å². The standard InChI is InChI=1S/C19H16BrNO2/c20-15-5-3-4-14(12-15)13-22-16-8-10-17(11-9-16)23-19-7-2-1-6-18(19)21/h1-12H,13,21H2. The van der Waals surface area contributed by atoms with E-state index in [1.165, 1.54) is 0 Å². The average molecular weight is 370 g/mol. The second-order valence-corrected chi connectivity index (χ2v) is 5.95. The van der Waals surface area contributed by atoms with Crippen molar-refractivity contribution in [2.75, 3.05) is 5.73 Å². The molecule has 4 heteroatoms. The lowest BCUT2D eigenvalue weighted by Crippen LogP contribution is -1.95. The van der Waals surface area contributed by atoms with Crippen LogP contribution in [0.15, 0.2) is 77.3 Å². The third kappa shape index (κ3) is 4.27.